The minimum absolute atomic E-state index is 0.0211. The zero-order valence-corrected chi connectivity index (χ0v) is 24.8. The molecule has 0 saturated heterocycles. The molecule has 3 N–H and O–H groups in total. The van der Waals surface area contributed by atoms with Crippen LogP contribution in [0.15, 0.2) is 11.6 Å². The van der Waals surface area contributed by atoms with Crippen LogP contribution in [0, 0.1) is 50.2 Å². The van der Waals surface area contributed by atoms with Crippen molar-refractivity contribution in [2.24, 2.45) is 50.2 Å². The van der Waals surface area contributed by atoms with Gasteiger partial charge in [0, 0.05) is 12.0 Å². The van der Waals surface area contributed by atoms with E-state index in [0.717, 1.165) is 38.5 Å². The fraction of sp³-hybridized carbons (Fsp3) is 0.812. The van der Waals surface area contributed by atoms with Crippen LogP contribution < -0.4 is 5.32 Å². The van der Waals surface area contributed by atoms with Crippen molar-refractivity contribution in [2.45, 2.75) is 112 Å². The summed E-state index contributed by atoms with van der Waals surface area (Å²) in [6, 6.07) is -0.254. The van der Waals surface area contributed by atoms with Gasteiger partial charge in [0.2, 0.25) is 0 Å². The Morgan fingerprint density at radius 3 is 2.13 bits per heavy atom. The first-order chi connectivity index (χ1) is 17.9. The number of amides is 1. The minimum atomic E-state index is -1.46. The molecule has 7 nitrogen and oxygen atoms in total. The summed E-state index contributed by atoms with van der Waals surface area (Å²) in [6.45, 7) is 15.4. The van der Waals surface area contributed by atoms with Gasteiger partial charge in [-0.3, -0.25) is 14.4 Å². The molecule has 5 aliphatic carbocycles. The van der Waals surface area contributed by atoms with Crippen LogP contribution in [0.5, 0.6) is 0 Å². The van der Waals surface area contributed by atoms with E-state index in [2.05, 4.69) is 46.9 Å². The quantitative estimate of drug-likeness (QED) is 0.390. The molecule has 216 valence electrons. The molecule has 0 unspecified atom stereocenters. The van der Waals surface area contributed by atoms with E-state index in [-0.39, 0.29) is 56.7 Å². The number of carbonyl (C=O) groups is 4. The number of carbonyl (C=O) groups excluding carboxylic acids is 2. The predicted molar refractivity (Wildman–Crippen MR) is 147 cm³/mol. The highest BCUT2D eigenvalue weighted by atomic mass is 16.4. The van der Waals surface area contributed by atoms with E-state index in [1.165, 1.54) is 5.57 Å². The zero-order chi connectivity index (χ0) is 29.0. The largest absolute Gasteiger partial charge is 0.481 e. The van der Waals surface area contributed by atoms with Crippen molar-refractivity contribution >= 4 is 23.6 Å². The van der Waals surface area contributed by atoms with E-state index in [9.17, 15) is 29.4 Å². The normalized spacial score (nSPS) is 48.4. The number of carboxylic acids is 2. The lowest BCUT2D eigenvalue weighted by molar-refractivity contribution is -0.190. The van der Waals surface area contributed by atoms with Crippen LogP contribution in [0.2, 0.25) is 0 Å². The number of fused-ring (bicyclic) bond motifs is 7. The number of allylic oxidation sites excluding steroid dienone is 2. The Balaban J connectivity index is 1.55. The van der Waals surface area contributed by atoms with Gasteiger partial charge in [-0.1, -0.05) is 47.1 Å². The molecule has 4 saturated carbocycles. The average molecular weight is 542 g/mol. The second-order valence-corrected chi connectivity index (χ2v) is 15.7. The fourth-order valence-corrected chi connectivity index (χ4v) is 10.9. The maximum absolute atomic E-state index is 14.4. The van der Waals surface area contributed by atoms with Gasteiger partial charge < -0.3 is 15.5 Å². The maximum Gasteiger partial charge on any atom is 0.394 e. The molecular weight excluding hydrogens is 494 g/mol. The van der Waals surface area contributed by atoms with E-state index < -0.39 is 23.3 Å². The van der Waals surface area contributed by atoms with Gasteiger partial charge in [-0.2, -0.15) is 0 Å². The van der Waals surface area contributed by atoms with Gasteiger partial charge in [0.1, 0.15) is 0 Å². The smallest absolute Gasteiger partial charge is 0.394 e. The van der Waals surface area contributed by atoms with Crippen molar-refractivity contribution in [1.29, 1.82) is 0 Å². The Hall–Kier alpha value is -2.18. The Kier molecular flexibility index (Phi) is 6.12. The van der Waals surface area contributed by atoms with Gasteiger partial charge in [-0.25, -0.2) is 4.79 Å². The van der Waals surface area contributed by atoms with Crippen LogP contribution in [0.1, 0.15) is 106 Å². The third-order valence-electron chi connectivity index (χ3n) is 13.6. The lowest BCUT2D eigenvalue weighted by Gasteiger charge is -2.70. The summed E-state index contributed by atoms with van der Waals surface area (Å²) in [5.41, 5.74) is -0.599. The first-order valence-electron chi connectivity index (χ1n) is 14.9. The van der Waals surface area contributed by atoms with E-state index in [1.54, 1.807) is 0 Å². The van der Waals surface area contributed by atoms with Gasteiger partial charge in [0.05, 0.1) is 5.41 Å². The maximum atomic E-state index is 14.4. The number of rotatable bonds is 2. The monoisotopic (exact) mass is 541 g/mol. The highest BCUT2D eigenvalue weighted by Gasteiger charge is 2.70. The number of aliphatic carboxylic acids is 2. The third kappa shape index (κ3) is 3.66. The summed E-state index contributed by atoms with van der Waals surface area (Å²) in [5.74, 6) is -2.87. The number of nitrogens with one attached hydrogen (secondary N) is 1. The van der Waals surface area contributed by atoms with Gasteiger partial charge in [0.15, 0.2) is 5.78 Å². The van der Waals surface area contributed by atoms with Gasteiger partial charge in [-0.05, 0) is 110 Å². The van der Waals surface area contributed by atoms with Gasteiger partial charge >= 0.3 is 17.8 Å². The van der Waals surface area contributed by atoms with E-state index in [4.69, 9.17) is 0 Å². The van der Waals surface area contributed by atoms with Crippen LogP contribution in [-0.2, 0) is 19.2 Å². The first-order valence-corrected chi connectivity index (χ1v) is 14.9. The number of hydrogen-bond donors (Lipinski definition) is 3. The molecule has 39 heavy (non-hydrogen) atoms. The van der Waals surface area contributed by atoms with Crippen molar-refractivity contribution < 1.29 is 29.4 Å². The highest BCUT2D eigenvalue weighted by molar-refractivity contribution is 6.31. The molecule has 1 amide bonds. The predicted octanol–water partition coefficient (Wildman–Crippen LogP) is 5.62. The summed E-state index contributed by atoms with van der Waals surface area (Å²) >= 11 is 0. The SMILES string of the molecule is CC1(C)[C@@H](NC(=O)C(=O)O)CC[C@]2(C)[C@H]3C(=O)C=C4[C@@H]5C[C@@](C)(C(=O)O)CC[C@]5(C)CC[C@@]4(C)[C@]3(C)CC[C@@H]12. The van der Waals surface area contributed by atoms with Gasteiger partial charge in [0.25, 0.3) is 0 Å². The lowest BCUT2D eigenvalue weighted by atomic mass is 9.33. The lowest BCUT2D eigenvalue weighted by Crippen LogP contribution is -2.68. The molecular formula is C32H47NO6. The minimum Gasteiger partial charge on any atom is -0.481 e. The molecule has 0 aromatic carbocycles. The van der Waals surface area contributed by atoms with Crippen molar-refractivity contribution in [3.05, 3.63) is 11.6 Å². The van der Waals surface area contributed by atoms with Crippen molar-refractivity contribution in [1.82, 2.24) is 5.32 Å². The van der Waals surface area contributed by atoms with Crippen LogP contribution in [-0.4, -0.2) is 39.9 Å². The summed E-state index contributed by atoms with van der Waals surface area (Å²) in [6.07, 6.45) is 9.37. The Labute approximate surface area is 232 Å². The average Bonchev–Trinajstić information content (AvgIpc) is 2.83. The number of carboxylic acid groups (broad SMARTS) is 2. The second-order valence-electron chi connectivity index (χ2n) is 15.7. The van der Waals surface area contributed by atoms with Crippen molar-refractivity contribution in [2.75, 3.05) is 0 Å². The molecule has 0 spiro atoms. The molecule has 5 aliphatic rings. The number of hydrogen-bond acceptors (Lipinski definition) is 4. The summed E-state index contributed by atoms with van der Waals surface area (Å²) < 4.78 is 0. The van der Waals surface area contributed by atoms with Crippen LogP contribution in [0.25, 0.3) is 0 Å². The molecule has 0 bridgehead atoms. The van der Waals surface area contributed by atoms with Crippen LogP contribution >= 0.6 is 0 Å². The summed E-state index contributed by atoms with van der Waals surface area (Å²) in [5, 5.41) is 22.1. The molecule has 9 atom stereocenters. The Morgan fingerprint density at radius 1 is 0.872 bits per heavy atom. The van der Waals surface area contributed by atoms with Crippen molar-refractivity contribution in [3.8, 4) is 0 Å². The van der Waals surface area contributed by atoms with E-state index in [1.807, 2.05) is 13.0 Å². The van der Waals surface area contributed by atoms with Crippen LogP contribution in [0.3, 0.4) is 0 Å². The fourth-order valence-electron chi connectivity index (χ4n) is 10.9. The van der Waals surface area contributed by atoms with Crippen molar-refractivity contribution in [3.63, 3.8) is 0 Å². The standard InChI is InChI=1S/C32H47NO6/c1-27(2)21-8-11-32(7)23(30(21,5)10-9-22(27)33-24(35)25(36)37)20(34)16-18-19-17-29(4,26(38)39)13-12-28(19,3)14-15-31(18,32)6/h16,19,21-23H,8-15,17H2,1-7H3,(H,33,35)(H,36,37)(H,38,39)/t19-,21-,22-,23+,28+,29-,30-,31+,32+/m0/s1. The third-order valence-corrected chi connectivity index (χ3v) is 13.6. The van der Waals surface area contributed by atoms with E-state index in [0.29, 0.717) is 19.3 Å². The molecule has 5 rings (SSSR count). The Bertz CT molecular complexity index is 1170. The van der Waals surface area contributed by atoms with Crippen LogP contribution in [0.4, 0.5) is 0 Å². The molecule has 4 fully saturated rings. The first kappa shape index (κ1) is 28.4. The summed E-state index contributed by atoms with van der Waals surface area (Å²) in [4.78, 5) is 50.0. The molecule has 7 heteroatoms. The molecule has 0 heterocycles. The highest BCUT2D eigenvalue weighted by Crippen LogP contribution is 2.75. The molecule has 0 aromatic rings. The Morgan fingerprint density at radius 2 is 1.51 bits per heavy atom. The molecule has 0 radical (unpaired) electrons. The number of ketones is 1. The van der Waals surface area contributed by atoms with E-state index >= 15 is 0 Å². The van der Waals surface area contributed by atoms with Gasteiger partial charge in [-0.15, -0.1) is 0 Å². The topological polar surface area (TPSA) is 121 Å². The molecule has 0 aromatic heterocycles. The molecule has 0 aliphatic heterocycles. The summed E-state index contributed by atoms with van der Waals surface area (Å²) in [7, 11) is 0. The zero-order valence-electron chi connectivity index (χ0n) is 24.8. The second kappa shape index (κ2) is 8.42.